The molecule has 0 saturated carbocycles. The zero-order valence-electron chi connectivity index (χ0n) is 6.53. The standard InChI is InChI=1S/C8H12O2S/c1-2-8-6-3-4-7(5-6)11(8,9)10/h3-4,6-8H,2,5H2,1H3/t6-,7+,8-/m0/s1. The Morgan fingerprint density at radius 2 is 2.18 bits per heavy atom. The molecule has 1 saturated heterocycles. The third-order valence-corrected chi connectivity index (χ3v) is 5.52. The van der Waals surface area contributed by atoms with Gasteiger partial charge in [0.25, 0.3) is 0 Å². The lowest BCUT2D eigenvalue weighted by Crippen LogP contribution is -2.26. The van der Waals surface area contributed by atoms with E-state index in [1.165, 1.54) is 0 Å². The van der Waals surface area contributed by atoms with Crippen LogP contribution in [-0.2, 0) is 9.84 Å². The topological polar surface area (TPSA) is 34.1 Å². The summed E-state index contributed by atoms with van der Waals surface area (Å²) in [6.07, 6.45) is 5.54. The highest BCUT2D eigenvalue weighted by Crippen LogP contribution is 2.40. The monoisotopic (exact) mass is 172 g/mol. The molecule has 2 bridgehead atoms. The average Bonchev–Trinajstić information content (AvgIpc) is 2.44. The van der Waals surface area contributed by atoms with Crippen LogP contribution in [0, 0.1) is 5.92 Å². The lowest BCUT2D eigenvalue weighted by atomic mass is 10.0. The first-order valence-corrected chi connectivity index (χ1v) is 5.68. The molecule has 0 spiro atoms. The molecule has 0 aromatic heterocycles. The van der Waals surface area contributed by atoms with Gasteiger partial charge in [0, 0.05) is 0 Å². The van der Waals surface area contributed by atoms with Gasteiger partial charge in [0.05, 0.1) is 10.5 Å². The van der Waals surface area contributed by atoms with E-state index in [1.807, 2.05) is 13.0 Å². The van der Waals surface area contributed by atoms with Crippen LogP contribution in [0.5, 0.6) is 0 Å². The SMILES string of the molecule is CC[C@H]1[C@H]2C=C[C@H](C2)S1(=O)=O. The zero-order valence-corrected chi connectivity index (χ0v) is 7.34. The van der Waals surface area contributed by atoms with Gasteiger partial charge >= 0.3 is 0 Å². The summed E-state index contributed by atoms with van der Waals surface area (Å²) in [5, 5.41) is -0.213. The molecule has 1 heterocycles. The molecule has 0 aromatic rings. The Hall–Kier alpha value is -0.310. The molecule has 0 unspecified atom stereocenters. The van der Waals surface area contributed by atoms with Gasteiger partial charge in [-0.2, -0.15) is 0 Å². The van der Waals surface area contributed by atoms with Crippen molar-refractivity contribution < 1.29 is 8.42 Å². The van der Waals surface area contributed by atoms with Crippen molar-refractivity contribution >= 4 is 9.84 Å². The van der Waals surface area contributed by atoms with Crippen LogP contribution in [-0.4, -0.2) is 18.9 Å². The first kappa shape index (κ1) is 7.35. The molecule has 2 rings (SSSR count). The molecule has 3 heteroatoms. The lowest BCUT2D eigenvalue weighted by molar-refractivity contribution is 0.563. The van der Waals surface area contributed by atoms with Gasteiger partial charge in [0.15, 0.2) is 9.84 Å². The minimum Gasteiger partial charge on any atom is -0.228 e. The van der Waals surface area contributed by atoms with E-state index in [2.05, 4.69) is 6.08 Å². The number of sulfone groups is 1. The second-order valence-electron chi connectivity index (χ2n) is 3.36. The molecule has 1 aliphatic heterocycles. The summed E-state index contributed by atoms with van der Waals surface area (Å²) in [5.41, 5.74) is 0. The lowest BCUT2D eigenvalue weighted by Gasteiger charge is -2.15. The van der Waals surface area contributed by atoms with Crippen molar-refractivity contribution in [3.63, 3.8) is 0 Å². The number of fused-ring (bicyclic) bond motifs is 2. The van der Waals surface area contributed by atoms with Crippen LogP contribution >= 0.6 is 0 Å². The largest absolute Gasteiger partial charge is 0.228 e. The molecule has 2 aliphatic rings. The van der Waals surface area contributed by atoms with Gasteiger partial charge in [0.1, 0.15) is 0 Å². The van der Waals surface area contributed by atoms with Crippen molar-refractivity contribution in [3.8, 4) is 0 Å². The van der Waals surface area contributed by atoms with Gasteiger partial charge in [-0.05, 0) is 18.8 Å². The highest BCUT2D eigenvalue weighted by atomic mass is 32.2. The van der Waals surface area contributed by atoms with Gasteiger partial charge in [-0.15, -0.1) is 0 Å². The molecular formula is C8H12O2S. The summed E-state index contributed by atoms with van der Waals surface area (Å²) < 4.78 is 23.1. The molecule has 11 heavy (non-hydrogen) atoms. The second kappa shape index (κ2) is 2.09. The Balaban J connectivity index is 2.44. The minimum absolute atomic E-state index is 0.0718. The van der Waals surface area contributed by atoms with E-state index in [9.17, 15) is 8.42 Å². The Labute approximate surface area is 67.2 Å². The molecule has 0 amide bonds. The van der Waals surface area contributed by atoms with Gasteiger partial charge < -0.3 is 0 Å². The van der Waals surface area contributed by atoms with Crippen LogP contribution < -0.4 is 0 Å². The van der Waals surface area contributed by atoms with E-state index < -0.39 is 9.84 Å². The number of rotatable bonds is 1. The van der Waals surface area contributed by atoms with E-state index in [4.69, 9.17) is 0 Å². The van der Waals surface area contributed by atoms with Crippen LogP contribution in [0.15, 0.2) is 12.2 Å². The Bertz CT molecular complexity index is 289. The maximum atomic E-state index is 11.5. The first-order chi connectivity index (χ1) is 5.16. The summed E-state index contributed by atoms with van der Waals surface area (Å²) in [7, 11) is -2.77. The Morgan fingerprint density at radius 1 is 1.45 bits per heavy atom. The van der Waals surface area contributed by atoms with E-state index in [0.717, 1.165) is 12.8 Å². The minimum atomic E-state index is -2.77. The zero-order chi connectivity index (χ0) is 8.06. The highest BCUT2D eigenvalue weighted by molar-refractivity contribution is 7.93. The van der Waals surface area contributed by atoms with Crippen molar-refractivity contribution in [2.24, 2.45) is 5.92 Å². The summed E-state index contributed by atoms with van der Waals surface area (Å²) in [6, 6.07) is 0. The third kappa shape index (κ3) is 0.804. The number of hydrogen-bond acceptors (Lipinski definition) is 2. The fraction of sp³-hybridized carbons (Fsp3) is 0.750. The van der Waals surface area contributed by atoms with Crippen LogP contribution in [0.25, 0.3) is 0 Å². The fourth-order valence-electron chi connectivity index (χ4n) is 2.21. The van der Waals surface area contributed by atoms with Crippen molar-refractivity contribution in [1.82, 2.24) is 0 Å². The van der Waals surface area contributed by atoms with E-state index in [-0.39, 0.29) is 10.5 Å². The highest BCUT2D eigenvalue weighted by Gasteiger charge is 2.47. The maximum Gasteiger partial charge on any atom is 0.160 e. The fourth-order valence-corrected chi connectivity index (χ4v) is 4.62. The van der Waals surface area contributed by atoms with Crippen molar-refractivity contribution in [3.05, 3.63) is 12.2 Å². The smallest absolute Gasteiger partial charge is 0.160 e. The number of hydrogen-bond donors (Lipinski definition) is 0. The summed E-state index contributed by atoms with van der Waals surface area (Å²) >= 11 is 0. The predicted octanol–water partition coefficient (Wildman–Crippen LogP) is 1.14. The maximum absolute atomic E-state index is 11.5. The van der Waals surface area contributed by atoms with Crippen molar-refractivity contribution in [1.29, 1.82) is 0 Å². The molecule has 1 fully saturated rings. The van der Waals surface area contributed by atoms with Gasteiger partial charge in [-0.25, -0.2) is 8.42 Å². The van der Waals surface area contributed by atoms with E-state index in [0.29, 0.717) is 5.92 Å². The quantitative estimate of drug-likeness (QED) is 0.556. The predicted molar refractivity (Wildman–Crippen MR) is 44.0 cm³/mol. The molecular weight excluding hydrogens is 160 g/mol. The van der Waals surface area contributed by atoms with Crippen LogP contribution in [0.4, 0.5) is 0 Å². The summed E-state index contributed by atoms with van der Waals surface area (Å²) in [6.45, 7) is 1.96. The van der Waals surface area contributed by atoms with Gasteiger partial charge in [0.2, 0.25) is 0 Å². The summed E-state index contributed by atoms with van der Waals surface area (Å²) in [4.78, 5) is 0. The first-order valence-electron chi connectivity index (χ1n) is 4.07. The Morgan fingerprint density at radius 3 is 2.55 bits per heavy atom. The molecule has 3 atom stereocenters. The van der Waals surface area contributed by atoms with Crippen molar-refractivity contribution in [2.45, 2.75) is 30.3 Å². The van der Waals surface area contributed by atoms with E-state index >= 15 is 0 Å². The molecule has 1 aliphatic carbocycles. The van der Waals surface area contributed by atoms with Crippen LogP contribution in [0.3, 0.4) is 0 Å². The van der Waals surface area contributed by atoms with Gasteiger partial charge in [-0.1, -0.05) is 19.1 Å². The number of allylic oxidation sites excluding steroid dienone is 1. The molecule has 0 aromatic carbocycles. The van der Waals surface area contributed by atoms with Crippen LogP contribution in [0.2, 0.25) is 0 Å². The van der Waals surface area contributed by atoms with Crippen LogP contribution in [0.1, 0.15) is 19.8 Å². The summed E-state index contributed by atoms with van der Waals surface area (Å²) in [5.74, 6) is 0.329. The van der Waals surface area contributed by atoms with Crippen molar-refractivity contribution in [2.75, 3.05) is 0 Å². The molecule has 0 N–H and O–H groups in total. The third-order valence-electron chi connectivity index (χ3n) is 2.80. The normalized spacial score (nSPS) is 45.0. The second-order valence-corrected chi connectivity index (χ2v) is 5.75. The van der Waals surface area contributed by atoms with Gasteiger partial charge in [-0.3, -0.25) is 0 Å². The molecule has 2 nitrogen and oxygen atoms in total. The Kier molecular flexibility index (Phi) is 1.40. The molecule has 0 radical (unpaired) electrons. The molecule has 62 valence electrons. The average molecular weight is 172 g/mol. The van der Waals surface area contributed by atoms with E-state index in [1.54, 1.807) is 0 Å².